The average Bonchev–Trinajstić information content (AvgIpc) is 3.49. The highest BCUT2D eigenvalue weighted by Gasteiger charge is 2.29. The Labute approximate surface area is 260 Å². The van der Waals surface area contributed by atoms with Gasteiger partial charge in [0.05, 0.1) is 12.6 Å². The summed E-state index contributed by atoms with van der Waals surface area (Å²) in [4.78, 5) is 41.1. The van der Waals surface area contributed by atoms with E-state index in [2.05, 4.69) is 35.5 Å². The molecule has 2 aliphatic rings. The van der Waals surface area contributed by atoms with Crippen LogP contribution in [-0.2, 0) is 16.0 Å². The summed E-state index contributed by atoms with van der Waals surface area (Å²) in [7, 11) is 0. The maximum Gasteiger partial charge on any atom is 0.330 e. The summed E-state index contributed by atoms with van der Waals surface area (Å²) in [5.41, 5.74) is 4.40. The molecule has 2 aromatic carbocycles. The van der Waals surface area contributed by atoms with E-state index in [0.29, 0.717) is 29.2 Å². The predicted octanol–water partition coefficient (Wildman–Crippen LogP) is 4.72. The number of benzene rings is 2. The molecule has 1 saturated heterocycles. The molecule has 1 amide bonds. The number of ketones is 1. The second kappa shape index (κ2) is 16.2. The average molecular weight is 604 g/mol. The monoisotopic (exact) mass is 603 g/mol. The molecule has 44 heavy (non-hydrogen) atoms. The Kier molecular flexibility index (Phi) is 12.1. The van der Waals surface area contributed by atoms with Gasteiger partial charge in [-0.15, -0.1) is 0 Å². The molecule has 4 rings (SSSR count). The highest BCUT2D eigenvalue weighted by atomic mass is 16.7. The number of ether oxygens (including phenoxy) is 3. The third kappa shape index (κ3) is 9.79. The summed E-state index contributed by atoms with van der Waals surface area (Å²) < 4.78 is 16.2. The van der Waals surface area contributed by atoms with E-state index >= 15 is 0 Å². The van der Waals surface area contributed by atoms with Gasteiger partial charge < -0.3 is 24.8 Å². The molecule has 0 aliphatic carbocycles. The van der Waals surface area contributed by atoms with Crippen molar-refractivity contribution in [3.8, 4) is 11.5 Å². The zero-order valence-corrected chi connectivity index (χ0v) is 26.3. The van der Waals surface area contributed by atoms with E-state index in [4.69, 9.17) is 14.2 Å². The first-order valence-electron chi connectivity index (χ1n) is 15.4. The lowest BCUT2D eigenvalue weighted by Crippen LogP contribution is -2.55. The van der Waals surface area contributed by atoms with Gasteiger partial charge in [0.25, 0.3) is 5.91 Å². The molecule has 2 unspecified atom stereocenters. The molecule has 2 N–H and O–H groups in total. The molecule has 236 valence electrons. The number of hydrogen-bond acceptors (Lipinski definition) is 8. The van der Waals surface area contributed by atoms with Crippen LogP contribution >= 0.6 is 0 Å². The maximum atomic E-state index is 13.7. The van der Waals surface area contributed by atoms with Crippen LogP contribution in [0.2, 0.25) is 0 Å². The number of rotatable bonds is 14. The van der Waals surface area contributed by atoms with Crippen molar-refractivity contribution >= 4 is 17.7 Å². The quantitative estimate of drug-likeness (QED) is 0.138. The molecule has 2 atom stereocenters. The van der Waals surface area contributed by atoms with E-state index in [1.807, 2.05) is 38.1 Å². The first kappa shape index (κ1) is 33.0. The SMILES string of the molecule is CC(C)=CCC/C(C)=C/C(=O)OCC(C)Cc1ccc(C(=O)C(CNC(=O)c2ccc3c(c2)OCO3)N2CCNCC2)cc1. The molecule has 2 aliphatic heterocycles. The normalized spacial score (nSPS) is 16.1. The number of fused-ring (bicyclic) bond motifs is 1. The third-order valence-corrected chi connectivity index (χ3v) is 7.77. The number of nitrogens with zero attached hydrogens (tertiary/aromatic N) is 1. The van der Waals surface area contributed by atoms with Gasteiger partial charge >= 0.3 is 5.97 Å². The topological polar surface area (TPSA) is 106 Å². The summed E-state index contributed by atoms with van der Waals surface area (Å²) >= 11 is 0. The smallest absolute Gasteiger partial charge is 0.330 e. The molecular weight excluding hydrogens is 558 g/mol. The van der Waals surface area contributed by atoms with Crippen LogP contribution < -0.4 is 20.1 Å². The number of Topliss-reactive ketones (excluding diaryl/α,β-unsaturated/α-hetero) is 1. The fraction of sp³-hybridized carbons (Fsp3) is 0.457. The van der Waals surface area contributed by atoms with Crippen molar-refractivity contribution in [3.63, 3.8) is 0 Å². The highest BCUT2D eigenvalue weighted by molar-refractivity contribution is 6.01. The lowest BCUT2D eigenvalue weighted by molar-refractivity contribution is -0.139. The number of esters is 1. The lowest BCUT2D eigenvalue weighted by Gasteiger charge is -2.34. The second-order valence-electron chi connectivity index (χ2n) is 11.9. The second-order valence-corrected chi connectivity index (χ2v) is 11.9. The minimum atomic E-state index is -0.488. The Morgan fingerprint density at radius 3 is 2.43 bits per heavy atom. The molecule has 0 saturated carbocycles. The highest BCUT2D eigenvalue weighted by Crippen LogP contribution is 2.32. The van der Waals surface area contributed by atoms with Gasteiger partial charge in [0.2, 0.25) is 6.79 Å². The van der Waals surface area contributed by atoms with Crippen LogP contribution in [0.25, 0.3) is 0 Å². The van der Waals surface area contributed by atoms with Crippen molar-refractivity contribution in [2.75, 3.05) is 46.1 Å². The fourth-order valence-corrected chi connectivity index (χ4v) is 5.30. The van der Waals surface area contributed by atoms with Crippen molar-refractivity contribution in [1.29, 1.82) is 0 Å². The summed E-state index contributed by atoms with van der Waals surface area (Å²) in [6.07, 6.45) is 6.22. The Hall–Kier alpha value is -3.95. The number of allylic oxidation sites excluding steroid dienone is 3. The minimum absolute atomic E-state index is 0.0295. The molecule has 9 nitrogen and oxygen atoms in total. The van der Waals surface area contributed by atoms with Crippen molar-refractivity contribution in [2.24, 2.45) is 5.92 Å². The van der Waals surface area contributed by atoms with Gasteiger partial charge in [0.15, 0.2) is 17.3 Å². The molecule has 9 heteroatoms. The van der Waals surface area contributed by atoms with E-state index < -0.39 is 6.04 Å². The standard InChI is InChI=1S/C35H45N3O6/c1-24(2)6-5-7-25(3)19-33(39)42-22-26(4)18-27-8-10-28(11-9-27)34(40)30(38-16-14-36-15-17-38)21-37-35(41)29-12-13-31-32(20-29)44-23-43-31/h6,8-13,19-20,26,30,36H,5,7,14-18,21-23H2,1-4H3,(H,37,41)/b25-19+. The Morgan fingerprint density at radius 1 is 1.00 bits per heavy atom. The van der Waals surface area contributed by atoms with Crippen molar-refractivity contribution in [2.45, 2.75) is 53.0 Å². The number of nitrogens with one attached hydrogen (secondary N) is 2. The van der Waals surface area contributed by atoms with Crippen molar-refractivity contribution < 1.29 is 28.6 Å². The number of amides is 1. The molecule has 0 spiro atoms. The van der Waals surface area contributed by atoms with Crippen LogP contribution in [-0.4, -0.2) is 74.7 Å². The summed E-state index contributed by atoms with van der Waals surface area (Å²) in [6, 6.07) is 12.2. The molecule has 0 aromatic heterocycles. The number of hydrogen-bond donors (Lipinski definition) is 2. The Balaban J connectivity index is 1.31. The van der Waals surface area contributed by atoms with Crippen LogP contribution in [0.1, 0.15) is 66.8 Å². The van der Waals surface area contributed by atoms with Crippen LogP contribution in [0.3, 0.4) is 0 Å². The molecule has 0 bridgehead atoms. The first-order chi connectivity index (χ1) is 21.2. The van der Waals surface area contributed by atoms with E-state index in [9.17, 15) is 14.4 Å². The van der Waals surface area contributed by atoms with Crippen LogP contribution in [0.4, 0.5) is 0 Å². The van der Waals surface area contributed by atoms with Gasteiger partial charge in [-0.25, -0.2) is 4.79 Å². The Bertz CT molecular complexity index is 1360. The van der Waals surface area contributed by atoms with Crippen molar-refractivity contribution in [3.05, 3.63) is 82.5 Å². The lowest BCUT2D eigenvalue weighted by atomic mass is 9.97. The number of carbonyl (C=O) groups excluding carboxylic acids is 3. The Morgan fingerprint density at radius 2 is 1.70 bits per heavy atom. The molecule has 0 radical (unpaired) electrons. The van der Waals surface area contributed by atoms with E-state index in [1.54, 1.807) is 24.3 Å². The zero-order chi connectivity index (χ0) is 31.5. The summed E-state index contributed by atoms with van der Waals surface area (Å²) in [6.45, 7) is 11.8. The van der Waals surface area contributed by atoms with Gasteiger partial charge in [-0.1, -0.05) is 48.4 Å². The van der Waals surface area contributed by atoms with Crippen LogP contribution in [0.5, 0.6) is 11.5 Å². The van der Waals surface area contributed by atoms with Gasteiger partial charge in [-0.3, -0.25) is 14.5 Å². The molecule has 1 fully saturated rings. The van der Waals surface area contributed by atoms with E-state index in [0.717, 1.165) is 56.6 Å². The van der Waals surface area contributed by atoms with E-state index in [1.165, 1.54) is 5.57 Å². The largest absolute Gasteiger partial charge is 0.462 e. The van der Waals surface area contributed by atoms with Gasteiger partial charge in [-0.2, -0.15) is 0 Å². The van der Waals surface area contributed by atoms with Crippen LogP contribution in [0.15, 0.2) is 65.8 Å². The number of carbonyl (C=O) groups is 3. The van der Waals surface area contributed by atoms with E-state index in [-0.39, 0.29) is 36.9 Å². The van der Waals surface area contributed by atoms with Gasteiger partial charge in [0, 0.05) is 49.9 Å². The summed E-state index contributed by atoms with van der Waals surface area (Å²) in [5.74, 6) is 0.672. The maximum absolute atomic E-state index is 13.7. The molecule has 2 heterocycles. The molecule has 2 aromatic rings. The fourth-order valence-electron chi connectivity index (χ4n) is 5.30. The predicted molar refractivity (Wildman–Crippen MR) is 170 cm³/mol. The minimum Gasteiger partial charge on any atom is -0.462 e. The first-order valence-corrected chi connectivity index (χ1v) is 15.4. The summed E-state index contributed by atoms with van der Waals surface area (Å²) in [5, 5.41) is 6.28. The molecular formula is C35H45N3O6. The third-order valence-electron chi connectivity index (χ3n) is 7.77. The van der Waals surface area contributed by atoms with Gasteiger partial charge in [0.1, 0.15) is 0 Å². The van der Waals surface area contributed by atoms with Gasteiger partial charge in [-0.05, 0) is 69.7 Å². The number of piperazine rings is 1. The zero-order valence-electron chi connectivity index (χ0n) is 26.3. The van der Waals surface area contributed by atoms with Crippen LogP contribution in [0, 0.1) is 5.92 Å². The van der Waals surface area contributed by atoms with Crippen molar-refractivity contribution in [1.82, 2.24) is 15.5 Å².